The Morgan fingerprint density at radius 3 is 2.38 bits per heavy atom. The number of nitrogens with zero attached hydrogens (tertiary/aromatic N) is 3. The zero-order chi connectivity index (χ0) is 16.4. The SMILES string of the molecule is CC[NH+]1CCN(c2nc(-c3ccccc3)nc3ccccc23)CC1. The van der Waals surface area contributed by atoms with Crippen molar-refractivity contribution >= 4 is 16.7 Å². The van der Waals surface area contributed by atoms with Crippen LogP contribution in [0.3, 0.4) is 0 Å². The largest absolute Gasteiger partial charge is 0.345 e. The Kier molecular flexibility index (Phi) is 4.13. The molecule has 1 aliphatic rings. The van der Waals surface area contributed by atoms with Crippen LogP contribution in [0.5, 0.6) is 0 Å². The van der Waals surface area contributed by atoms with Crippen molar-refractivity contribution in [3.05, 3.63) is 54.6 Å². The third-order valence-electron chi connectivity index (χ3n) is 4.89. The predicted molar refractivity (Wildman–Crippen MR) is 98.4 cm³/mol. The zero-order valence-electron chi connectivity index (χ0n) is 14.1. The molecule has 0 bridgehead atoms. The number of aromatic nitrogens is 2. The maximum absolute atomic E-state index is 4.95. The number of para-hydroxylation sites is 1. The van der Waals surface area contributed by atoms with Crippen molar-refractivity contribution in [2.24, 2.45) is 0 Å². The molecule has 3 aromatic rings. The van der Waals surface area contributed by atoms with Gasteiger partial charge >= 0.3 is 0 Å². The molecule has 0 amide bonds. The first kappa shape index (κ1) is 15.1. The second kappa shape index (κ2) is 6.57. The molecule has 1 saturated heterocycles. The lowest BCUT2D eigenvalue weighted by atomic mass is 10.1. The highest BCUT2D eigenvalue weighted by molar-refractivity contribution is 5.91. The van der Waals surface area contributed by atoms with Crippen LogP contribution in [-0.4, -0.2) is 42.7 Å². The first-order valence-corrected chi connectivity index (χ1v) is 8.76. The summed E-state index contributed by atoms with van der Waals surface area (Å²) < 4.78 is 0. The van der Waals surface area contributed by atoms with Gasteiger partial charge in [0.15, 0.2) is 5.82 Å². The predicted octanol–water partition coefficient (Wildman–Crippen LogP) is 2.02. The molecule has 122 valence electrons. The van der Waals surface area contributed by atoms with Gasteiger partial charge in [0.05, 0.1) is 38.2 Å². The second-order valence-electron chi connectivity index (χ2n) is 6.34. The summed E-state index contributed by atoms with van der Waals surface area (Å²) in [5.41, 5.74) is 2.09. The van der Waals surface area contributed by atoms with Crippen LogP contribution in [0.2, 0.25) is 0 Å². The molecule has 0 aliphatic carbocycles. The summed E-state index contributed by atoms with van der Waals surface area (Å²) in [5, 5.41) is 1.15. The zero-order valence-corrected chi connectivity index (χ0v) is 14.1. The van der Waals surface area contributed by atoms with Gasteiger partial charge in [-0.1, -0.05) is 42.5 Å². The fraction of sp³-hybridized carbons (Fsp3) is 0.300. The molecule has 0 radical (unpaired) electrons. The Morgan fingerprint density at radius 1 is 0.917 bits per heavy atom. The van der Waals surface area contributed by atoms with Crippen LogP contribution in [0.15, 0.2) is 54.6 Å². The van der Waals surface area contributed by atoms with Gasteiger partial charge in [0.1, 0.15) is 5.82 Å². The van der Waals surface area contributed by atoms with Crippen LogP contribution in [0, 0.1) is 0 Å². The summed E-state index contributed by atoms with van der Waals surface area (Å²) >= 11 is 0. The van der Waals surface area contributed by atoms with E-state index in [0.29, 0.717) is 0 Å². The van der Waals surface area contributed by atoms with Gasteiger partial charge in [-0.25, -0.2) is 9.97 Å². The van der Waals surface area contributed by atoms with Crippen LogP contribution >= 0.6 is 0 Å². The van der Waals surface area contributed by atoms with E-state index in [-0.39, 0.29) is 0 Å². The van der Waals surface area contributed by atoms with Crippen LogP contribution in [0.1, 0.15) is 6.92 Å². The third-order valence-corrected chi connectivity index (χ3v) is 4.89. The highest BCUT2D eigenvalue weighted by Gasteiger charge is 2.22. The third kappa shape index (κ3) is 2.85. The number of hydrogen-bond acceptors (Lipinski definition) is 3. The van der Waals surface area contributed by atoms with Gasteiger partial charge in [-0.3, -0.25) is 0 Å². The molecule has 0 spiro atoms. The van der Waals surface area contributed by atoms with Gasteiger partial charge < -0.3 is 9.80 Å². The molecule has 2 aromatic carbocycles. The molecule has 4 nitrogen and oxygen atoms in total. The lowest BCUT2D eigenvalue weighted by Crippen LogP contribution is -3.14. The minimum atomic E-state index is 0.814. The van der Waals surface area contributed by atoms with Crippen molar-refractivity contribution in [2.75, 3.05) is 37.6 Å². The molecule has 0 unspecified atom stereocenters. The quantitative estimate of drug-likeness (QED) is 0.802. The number of benzene rings is 2. The molecule has 0 saturated carbocycles. The van der Waals surface area contributed by atoms with Crippen LogP contribution < -0.4 is 9.80 Å². The number of anilines is 1. The summed E-state index contributed by atoms with van der Waals surface area (Å²) in [6.07, 6.45) is 0. The molecular formula is C20H23N4+. The fourth-order valence-corrected chi connectivity index (χ4v) is 3.41. The molecule has 4 rings (SSSR count). The smallest absolute Gasteiger partial charge is 0.162 e. The number of rotatable bonds is 3. The summed E-state index contributed by atoms with van der Waals surface area (Å²) in [6.45, 7) is 7.92. The van der Waals surface area contributed by atoms with Gasteiger partial charge in [-0.05, 0) is 19.1 Å². The minimum absolute atomic E-state index is 0.814. The van der Waals surface area contributed by atoms with E-state index in [1.54, 1.807) is 4.90 Å². The maximum atomic E-state index is 4.95. The Labute approximate surface area is 142 Å². The number of fused-ring (bicyclic) bond motifs is 1. The standard InChI is InChI=1S/C20H22N4/c1-2-23-12-14-24(15-13-23)20-17-10-6-7-11-18(17)21-19(22-20)16-8-4-3-5-9-16/h3-11H,2,12-15H2,1H3/p+1. The molecule has 1 fully saturated rings. The van der Waals surface area contributed by atoms with Crippen molar-refractivity contribution in [2.45, 2.75) is 6.92 Å². The second-order valence-corrected chi connectivity index (χ2v) is 6.34. The highest BCUT2D eigenvalue weighted by atomic mass is 15.3. The summed E-state index contributed by atoms with van der Waals surface area (Å²) in [6, 6.07) is 18.6. The molecule has 24 heavy (non-hydrogen) atoms. The normalized spacial score (nSPS) is 15.8. The Hall–Kier alpha value is -2.46. The van der Waals surface area contributed by atoms with Crippen molar-refractivity contribution in [3.63, 3.8) is 0 Å². The Balaban J connectivity index is 1.79. The summed E-state index contributed by atoms with van der Waals surface area (Å²) in [5.74, 6) is 1.89. The average Bonchev–Trinajstić information content (AvgIpc) is 2.68. The van der Waals surface area contributed by atoms with Gasteiger partial charge in [0.25, 0.3) is 0 Å². The van der Waals surface area contributed by atoms with E-state index in [0.717, 1.165) is 41.2 Å². The van der Waals surface area contributed by atoms with Crippen molar-refractivity contribution in [1.82, 2.24) is 9.97 Å². The van der Waals surface area contributed by atoms with Gasteiger partial charge in [0.2, 0.25) is 0 Å². The van der Waals surface area contributed by atoms with E-state index in [1.807, 2.05) is 24.3 Å². The maximum Gasteiger partial charge on any atom is 0.162 e. The Morgan fingerprint density at radius 2 is 1.62 bits per heavy atom. The molecule has 2 heterocycles. The molecule has 4 heteroatoms. The minimum Gasteiger partial charge on any atom is -0.345 e. The van der Waals surface area contributed by atoms with E-state index in [2.05, 4.69) is 42.2 Å². The van der Waals surface area contributed by atoms with Crippen molar-refractivity contribution in [3.8, 4) is 11.4 Å². The van der Waals surface area contributed by atoms with E-state index in [9.17, 15) is 0 Å². The number of nitrogens with one attached hydrogen (secondary N) is 1. The number of piperazine rings is 1. The summed E-state index contributed by atoms with van der Waals surface area (Å²) in [7, 11) is 0. The van der Waals surface area contributed by atoms with Crippen LogP contribution in [-0.2, 0) is 0 Å². The number of quaternary nitrogens is 1. The van der Waals surface area contributed by atoms with E-state index >= 15 is 0 Å². The average molecular weight is 319 g/mol. The van der Waals surface area contributed by atoms with Crippen molar-refractivity contribution in [1.29, 1.82) is 0 Å². The van der Waals surface area contributed by atoms with Crippen molar-refractivity contribution < 1.29 is 4.90 Å². The van der Waals surface area contributed by atoms with Gasteiger partial charge in [0, 0.05) is 10.9 Å². The highest BCUT2D eigenvalue weighted by Crippen LogP contribution is 2.27. The van der Waals surface area contributed by atoms with Crippen LogP contribution in [0.25, 0.3) is 22.3 Å². The molecule has 1 aromatic heterocycles. The Bertz CT molecular complexity index is 823. The van der Waals surface area contributed by atoms with Crippen LogP contribution in [0.4, 0.5) is 5.82 Å². The molecule has 1 aliphatic heterocycles. The number of likely N-dealkylation sites (N-methyl/N-ethyl adjacent to an activating group) is 1. The van der Waals surface area contributed by atoms with E-state index < -0.39 is 0 Å². The number of hydrogen-bond donors (Lipinski definition) is 1. The van der Waals surface area contributed by atoms with E-state index in [4.69, 9.17) is 9.97 Å². The topological polar surface area (TPSA) is 33.5 Å². The monoisotopic (exact) mass is 319 g/mol. The molecular weight excluding hydrogens is 296 g/mol. The first-order chi connectivity index (χ1) is 11.8. The lowest BCUT2D eigenvalue weighted by molar-refractivity contribution is -0.898. The van der Waals surface area contributed by atoms with E-state index in [1.165, 1.54) is 19.6 Å². The lowest BCUT2D eigenvalue weighted by Gasteiger charge is -2.33. The fourth-order valence-electron chi connectivity index (χ4n) is 3.41. The summed E-state index contributed by atoms with van der Waals surface area (Å²) in [4.78, 5) is 13.8. The van der Waals surface area contributed by atoms with Gasteiger partial charge in [-0.2, -0.15) is 0 Å². The van der Waals surface area contributed by atoms with Gasteiger partial charge in [-0.15, -0.1) is 0 Å². The molecule has 0 atom stereocenters. The first-order valence-electron chi connectivity index (χ1n) is 8.76. The molecule has 1 N–H and O–H groups in total.